The Labute approximate surface area is 77.8 Å². The van der Waals surface area contributed by atoms with Crippen molar-refractivity contribution in [3.8, 4) is 0 Å². The van der Waals surface area contributed by atoms with E-state index in [0.717, 1.165) is 10.1 Å². The number of thiophene rings is 1. The van der Waals surface area contributed by atoms with E-state index in [1.165, 1.54) is 17.4 Å². The number of halogens is 1. The molecule has 0 saturated carbocycles. The van der Waals surface area contributed by atoms with Crippen molar-refractivity contribution in [2.75, 3.05) is 5.73 Å². The third-order valence-electron chi connectivity index (χ3n) is 1.89. The molecule has 0 radical (unpaired) electrons. The van der Waals surface area contributed by atoms with Crippen molar-refractivity contribution < 1.29 is 9.18 Å². The summed E-state index contributed by atoms with van der Waals surface area (Å²) in [7, 11) is 0. The van der Waals surface area contributed by atoms with Gasteiger partial charge in [-0.15, -0.1) is 11.3 Å². The summed E-state index contributed by atoms with van der Waals surface area (Å²) in [6.07, 6.45) is 0.594. The molecule has 0 aliphatic rings. The molecule has 0 amide bonds. The molecule has 0 aliphatic carbocycles. The Hall–Kier alpha value is -1.42. The lowest BCUT2D eigenvalue weighted by Crippen LogP contribution is -1.96. The Morgan fingerprint density at radius 1 is 1.54 bits per heavy atom. The van der Waals surface area contributed by atoms with Crippen molar-refractivity contribution in [3.05, 3.63) is 28.9 Å². The minimum absolute atomic E-state index is 0.0649. The second kappa shape index (κ2) is 2.81. The fraction of sp³-hybridized carbons (Fsp3) is 0. The molecule has 66 valence electrons. The van der Waals surface area contributed by atoms with Crippen molar-refractivity contribution in [1.29, 1.82) is 0 Å². The largest absolute Gasteiger partial charge is 0.396 e. The van der Waals surface area contributed by atoms with E-state index in [2.05, 4.69) is 0 Å². The monoisotopic (exact) mass is 195 g/mol. The molecular weight excluding hydrogens is 189 g/mol. The van der Waals surface area contributed by atoms with Crippen molar-refractivity contribution in [2.45, 2.75) is 0 Å². The maximum atomic E-state index is 13.1. The SMILES string of the molecule is Nc1c(F)cc2ccsc2c1C=O. The lowest BCUT2D eigenvalue weighted by molar-refractivity contribution is 0.112. The fourth-order valence-corrected chi connectivity index (χ4v) is 2.13. The summed E-state index contributed by atoms with van der Waals surface area (Å²) in [5, 5.41) is 2.52. The number of hydrogen-bond acceptors (Lipinski definition) is 3. The standard InChI is InChI=1S/C9H6FNOS/c10-7-3-5-1-2-13-9(5)6(4-12)8(7)11/h1-4H,11H2. The summed E-state index contributed by atoms with van der Waals surface area (Å²) in [6, 6.07) is 3.10. The zero-order valence-corrected chi connectivity index (χ0v) is 7.40. The summed E-state index contributed by atoms with van der Waals surface area (Å²) >= 11 is 1.38. The summed E-state index contributed by atoms with van der Waals surface area (Å²) in [4.78, 5) is 10.7. The maximum absolute atomic E-state index is 13.1. The van der Waals surface area contributed by atoms with Crippen LogP contribution in [-0.4, -0.2) is 6.29 Å². The third kappa shape index (κ3) is 1.10. The molecule has 1 aromatic heterocycles. The average molecular weight is 195 g/mol. The number of nitrogens with two attached hydrogens (primary N) is 1. The van der Waals surface area contributed by atoms with Crippen LogP contribution >= 0.6 is 11.3 Å². The quantitative estimate of drug-likeness (QED) is 0.561. The predicted octanol–water partition coefficient (Wildman–Crippen LogP) is 2.44. The highest BCUT2D eigenvalue weighted by Crippen LogP contribution is 2.29. The lowest BCUT2D eigenvalue weighted by Gasteiger charge is -2.01. The van der Waals surface area contributed by atoms with Gasteiger partial charge in [0.1, 0.15) is 5.82 Å². The molecule has 0 spiro atoms. The van der Waals surface area contributed by atoms with Gasteiger partial charge in [0, 0.05) is 4.70 Å². The first-order valence-corrected chi connectivity index (χ1v) is 4.52. The Balaban J connectivity index is 2.95. The topological polar surface area (TPSA) is 43.1 Å². The number of fused-ring (bicyclic) bond motifs is 1. The maximum Gasteiger partial charge on any atom is 0.153 e. The van der Waals surface area contributed by atoms with E-state index in [1.54, 1.807) is 11.4 Å². The molecule has 0 bridgehead atoms. The molecule has 0 atom stereocenters. The van der Waals surface area contributed by atoms with Gasteiger partial charge in [0.2, 0.25) is 0 Å². The van der Waals surface area contributed by atoms with Crippen LogP contribution in [0.5, 0.6) is 0 Å². The molecular formula is C9H6FNOS. The van der Waals surface area contributed by atoms with Gasteiger partial charge in [-0.2, -0.15) is 0 Å². The number of rotatable bonds is 1. The lowest BCUT2D eigenvalue weighted by atomic mass is 10.1. The number of hydrogen-bond donors (Lipinski definition) is 1. The van der Waals surface area contributed by atoms with Gasteiger partial charge in [0.25, 0.3) is 0 Å². The predicted molar refractivity (Wildman–Crippen MR) is 51.6 cm³/mol. The minimum Gasteiger partial charge on any atom is -0.396 e. The average Bonchev–Trinajstić information content (AvgIpc) is 2.54. The van der Waals surface area contributed by atoms with Crippen LogP contribution in [0.25, 0.3) is 10.1 Å². The van der Waals surface area contributed by atoms with Crippen LogP contribution in [0.4, 0.5) is 10.1 Å². The first-order chi connectivity index (χ1) is 6.24. The minimum atomic E-state index is -0.534. The Morgan fingerprint density at radius 3 is 3.00 bits per heavy atom. The van der Waals surface area contributed by atoms with E-state index >= 15 is 0 Å². The number of nitrogen functional groups attached to an aromatic ring is 1. The highest BCUT2D eigenvalue weighted by Gasteiger charge is 2.10. The number of anilines is 1. The molecule has 0 aliphatic heterocycles. The van der Waals surface area contributed by atoms with E-state index < -0.39 is 5.82 Å². The highest BCUT2D eigenvalue weighted by molar-refractivity contribution is 7.17. The number of carbonyl (C=O) groups is 1. The summed E-state index contributed by atoms with van der Waals surface area (Å²) in [6.45, 7) is 0. The summed E-state index contributed by atoms with van der Waals surface area (Å²) in [5.41, 5.74) is 5.61. The van der Waals surface area contributed by atoms with Gasteiger partial charge in [0.05, 0.1) is 11.3 Å². The molecule has 4 heteroatoms. The van der Waals surface area contributed by atoms with Crippen molar-refractivity contribution in [3.63, 3.8) is 0 Å². The molecule has 2 rings (SSSR count). The van der Waals surface area contributed by atoms with E-state index in [4.69, 9.17) is 5.73 Å². The molecule has 2 aromatic rings. The van der Waals surface area contributed by atoms with Crippen molar-refractivity contribution in [2.24, 2.45) is 0 Å². The van der Waals surface area contributed by atoms with Gasteiger partial charge in [-0.3, -0.25) is 4.79 Å². The first kappa shape index (κ1) is 8.19. The van der Waals surface area contributed by atoms with Crippen LogP contribution in [0.2, 0.25) is 0 Å². The van der Waals surface area contributed by atoms with Gasteiger partial charge in [-0.1, -0.05) is 0 Å². The van der Waals surface area contributed by atoms with Crippen LogP contribution < -0.4 is 5.73 Å². The fourth-order valence-electron chi connectivity index (χ4n) is 1.23. The zero-order valence-electron chi connectivity index (χ0n) is 6.58. The zero-order chi connectivity index (χ0) is 9.42. The van der Waals surface area contributed by atoms with Crippen molar-refractivity contribution in [1.82, 2.24) is 0 Å². The van der Waals surface area contributed by atoms with E-state index in [9.17, 15) is 9.18 Å². The van der Waals surface area contributed by atoms with Crippen molar-refractivity contribution >= 4 is 33.4 Å². The molecule has 2 nitrogen and oxygen atoms in total. The first-order valence-electron chi connectivity index (χ1n) is 3.64. The van der Waals surface area contributed by atoms with E-state index in [-0.39, 0.29) is 11.3 Å². The Kier molecular flexibility index (Phi) is 1.77. The number of carbonyl (C=O) groups excluding carboxylic acids is 1. The molecule has 0 saturated heterocycles. The molecule has 0 unspecified atom stereocenters. The highest BCUT2D eigenvalue weighted by atomic mass is 32.1. The van der Waals surface area contributed by atoms with E-state index in [0.29, 0.717) is 6.29 Å². The van der Waals surface area contributed by atoms with E-state index in [1.807, 2.05) is 0 Å². The van der Waals surface area contributed by atoms with Crippen LogP contribution in [0.3, 0.4) is 0 Å². The van der Waals surface area contributed by atoms with Gasteiger partial charge in [-0.25, -0.2) is 4.39 Å². The van der Waals surface area contributed by atoms with Gasteiger partial charge >= 0.3 is 0 Å². The van der Waals surface area contributed by atoms with Crippen LogP contribution in [0, 0.1) is 5.82 Å². The van der Waals surface area contributed by atoms with Crippen LogP contribution in [0.15, 0.2) is 17.5 Å². The smallest absolute Gasteiger partial charge is 0.153 e. The van der Waals surface area contributed by atoms with Crippen LogP contribution in [0.1, 0.15) is 10.4 Å². The molecule has 13 heavy (non-hydrogen) atoms. The van der Waals surface area contributed by atoms with Gasteiger partial charge in [-0.05, 0) is 22.9 Å². The second-order valence-corrected chi connectivity index (χ2v) is 3.56. The molecule has 1 heterocycles. The number of benzene rings is 1. The normalized spacial score (nSPS) is 10.5. The molecule has 1 aromatic carbocycles. The molecule has 2 N–H and O–H groups in total. The van der Waals surface area contributed by atoms with Crippen LogP contribution in [-0.2, 0) is 0 Å². The Morgan fingerprint density at radius 2 is 2.31 bits per heavy atom. The third-order valence-corrected chi connectivity index (χ3v) is 2.85. The number of aldehydes is 1. The van der Waals surface area contributed by atoms with Gasteiger partial charge < -0.3 is 5.73 Å². The summed E-state index contributed by atoms with van der Waals surface area (Å²) < 4.78 is 13.8. The molecule has 0 fully saturated rings. The summed E-state index contributed by atoms with van der Waals surface area (Å²) in [5.74, 6) is -0.534. The Bertz CT molecular complexity index is 478. The second-order valence-electron chi connectivity index (χ2n) is 2.64. The van der Waals surface area contributed by atoms with Gasteiger partial charge in [0.15, 0.2) is 6.29 Å².